The predicted octanol–water partition coefficient (Wildman–Crippen LogP) is 3.78. The summed E-state index contributed by atoms with van der Waals surface area (Å²) in [5.41, 5.74) is -0.116. The van der Waals surface area contributed by atoms with Crippen LogP contribution in [0.5, 0.6) is 5.75 Å². The molecule has 17 heavy (non-hydrogen) atoms. The summed E-state index contributed by atoms with van der Waals surface area (Å²) < 4.78 is 18.6. The van der Waals surface area contributed by atoms with E-state index in [9.17, 15) is 9.18 Å². The third kappa shape index (κ3) is 2.18. The van der Waals surface area contributed by atoms with Gasteiger partial charge in [0.25, 0.3) is 0 Å². The number of benzene rings is 1. The van der Waals surface area contributed by atoms with E-state index in [1.807, 2.05) is 0 Å². The minimum absolute atomic E-state index is 0.102. The maximum absolute atomic E-state index is 13.6. The number of methoxy groups -OCH3 is 1. The van der Waals surface area contributed by atoms with E-state index in [0.29, 0.717) is 10.6 Å². The highest BCUT2D eigenvalue weighted by molar-refractivity contribution is 7.12. The van der Waals surface area contributed by atoms with E-state index in [4.69, 9.17) is 16.3 Å². The molecule has 2 aromatic rings. The van der Waals surface area contributed by atoms with Crippen molar-refractivity contribution in [3.05, 3.63) is 50.9 Å². The lowest BCUT2D eigenvalue weighted by Crippen LogP contribution is -2.04. The lowest BCUT2D eigenvalue weighted by molar-refractivity contribution is 0.103. The smallest absolute Gasteiger partial charge is 0.211 e. The molecule has 0 saturated heterocycles. The molecular formula is C12H8ClFO2S. The first-order valence-corrected chi connectivity index (χ1v) is 6.01. The summed E-state index contributed by atoms with van der Waals surface area (Å²) in [5.74, 6) is -0.655. The Bertz CT molecular complexity index is 545. The first-order chi connectivity index (χ1) is 8.15. The van der Waals surface area contributed by atoms with E-state index in [1.165, 1.54) is 36.6 Å². The van der Waals surface area contributed by atoms with Crippen LogP contribution in [0.15, 0.2) is 29.6 Å². The van der Waals surface area contributed by atoms with Crippen LogP contribution in [0, 0.1) is 5.82 Å². The van der Waals surface area contributed by atoms with Gasteiger partial charge in [-0.3, -0.25) is 4.79 Å². The van der Waals surface area contributed by atoms with Crippen LogP contribution >= 0.6 is 22.9 Å². The standard InChI is InChI=1S/C12H8ClFO2S/c1-16-9-5-6-17-12(9)11(15)10-7(13)3-2-4-8(10)14/h2-6H,1H3. The summed E-state index contributed by atoms with van der Waals surface area (Å²) in [6, 6.07) is 5.81. The average molecular weight is 271 g/mol. The van der Waals surface area contributed by atoms with Crippen LogP contribution in [0.25, 0.3) is 0 Å². The van der Waals surface area contributed by atoms with Gasteiger partial charge in [0.15, 0.2) is 0 Å². The fourth-order valence-electron chi connectivity index (χ4n) is 1.45. The summed E-state index contributed by atoms with van der Waals surface area (Å²) in [5, 5.41) is 1.81. The molecule has 0 saturated carbocycles. The van der Waals surface area contributed by atoms with Crippen LogP contribution in [-0.4, -0.2) is 12.9 Å². The van der Waals surface area contributed by atoms with Gasteiger partial charge in [-0.25, -0.2) is 4.39 Å². The number of hydrogen-bond donors (Lipinski definition) is 0. The molecule has 0 unspecified atom stereocenters. The van der Waals surface area contributed by atoms with E-state index >= 15 is 0 Å². The first kappa shape index (κ1) is 12.1. The Labute approximate surface area is 107 Å². The van der Waals surface area contributed by atoms with E-state index in [0.717, 1.165) is 0 Å². The van der Waals surface area contributed by atoms with Crippen LogP contribution in [0.2, 0.25) is 5.02 Å². The number of carbonyl (C=O) groups is 1. The van der Waals surface area contributed by atoms with Crippen molar-refractivity contribution in [2.75, 3.05) is 7.11 Å². The zero-order valence-electron chi connectivity index (χ0n) is 8.87. The Balaban J connectivity index is 2.51. The maximum Gasteiger partial charge on any atom is 0.211 e. The van der Waals surface area contributed by atoms with Gasteiger partial charge >= 0.3 is 0 Å². The minimum Gasteiger partial charge on any atom is -0.495 e. The van der Waals surface area contributed by atoms with Crippen LogP contribution in [0.4, 0.5) is 4.39 Å². The van der Waals surface area contributed by atoms with Gasteiger partial charge in [0.1, 0.15) is 16.4 Å². The molecular weight excluding hydrogens is 263 g/mol. The Morgan fingerprint density at radius 1 is 1.41 bits per heavy atom. The number of ether oxygens (including phenoxy) is 1. The predicted molar refractivity (Wildman–Crippen MR) is 65.7 cm³/mol. The van der Waals surface area contributed by atoms with E-state index in [-0.39, 0.29) is 10.6 Å². The molecule has 0 atom stereocenters. The highest BCUT2D eigenvalue weighted by atomic mass is 35.5. The van der Waals surface area contributed by atoms with Gasteiger partial charge in [-0.2, -0.15) is 0 Å². The number of rotatable bonds is 3. The molecule has 88 valence electrons. The van der Waals surface area contributed by atoms with Gasteiger partial charge in [-0.1, -0.05) is 17.7 Å². The minimum atomic E-state index is -0.627. The largest absolute Gasteiger partial charge is 0.495 e. The third-order valence-corrected chi connectivity index (χ3v) is 3.45. The normalized spacial score (nSPS) is 10.3. The Morgan fingerprint density at radius 2 is 2.18 bits per heavy atom. The molecule has 0 aliphatic carbocycles. The summed E-state index contributed by atoms with van der Waals surface area (Å²) >= 11 is 7.03. The monoisotopic (exact) mass is 270 g/mol. The summed E-state index contributed by atoms with van der Waals surface area (Å²) in [6.45, 7) is 0. The van der Waals surface area contributed by atoms with Crippen molar-refractivity contribution in [1.82, 2.24) is 0 Å². The Morgan fingerprint density at radius 3 is 2.82 bits per heavy atom. The quantitative estimate of drug-likeness (QED) is 0.794. The average Bonchev–Trinajstić information content (AvgIpc) is 2.76. The fourth-order valence-corrected chi connectivity index (χ4v) is 2.51. The molecule has 1 aromatic heterocycles. The van der Waals surface area contributed by atoms with Crippen LogP contribution in [-0.2, 0) is 0 Å². The Hall–Kier alpha value is -1.39. The lowest BCUT2D eigenvalue weighted by atomic mass is 10.1. The molecule has 0 bridgehead atoms. The van der Waals surface area contributed by atoms with Crippen molar-refractivity contribution in [3.8, 4) is 5.75 Å². The molecule has 1 heterocycles. The molecule has 0 radical (unpaired) electrons. The van der Waals surface area contributed by atoms with Gasteiger partial charge in [-0.15, -0.1) is 11.3 Å². The van der Waals surface area contributed by atoms with Crippen molar-refractivity contribution < 1.29 is 13.9 Å². The molecule has 1 aromatic carbocycles. The SMILES string of the molecule is COc1ccsc1C(=O)c1c(F)cccc1Cl. The van der Waals surface area contributed by atoms with E-state index < -0.39 is 11.6 Å². The first-order valence-electron chi connectivity index (χ1n) is 4.75. The summed E-state index contributed by atoms with van der Waals surface area (Å²) in [6.07, 6.45) is 0. The van der Waals surface area contributed by atoms with Crippen molar-refractivity contribution in [1.29, 1.82) is 0 Å². The molecule has 0 N–H and O–H groups in total. The fraction of sp³-hybridized carbons (Fsp3) is 0.0833. The van der Waals surface area contributed by atoms with Crippen LogP contribution in [0.1, 0.15) is 15.2 Å². The molecule has 0 spiro atoms. The van der Waals surface area contributed by atoms with E-state index in [2.05, 4.69) is 0 Å². The van der Waals surface area contributed by atoms with Crippen molar-refractivity contribution in [3.63, 3.8) is 0 Å². The maximum atomic E-state index is 13.6. The van der Waals surface area contributed by atoms with Gasteiger partial charge in [0, 0.05) is 0 Å². The van der Waals surface area contributed by atoms with Crippen LogP contribution < -0.4 is 4.74 Å². The molecule has 0 aliphatic heterocycles. The topological polar surface area (TPSA) is 26.3 Å². The number of halogens is 2. The second kappa shape index (κ2) is 4.85. The molecule has 0 fully saturated rings. The van der Waals surface area contributed by atoms with Gasteiger partial charge in [0.2, 0.25) is 5.78 Å². The zero-order chi connectivity index (χ0) is 12.4. The second-order valence-corrected chi connectivity index (χ2v) is 4.57. The molecule has 0 amide bonds. The zero-order valence-corrected chi connectivity index (χ0v) is 10.4. The molecule has 2 nitrogen and oxygen atoms in total. The summed E-state index contributed by atoms with van der Waals surface area (Å²) in [4.78, 5) is 12.5. The van der Waals surface area contributed by atoms with E-state index in [1.54, 1.807) is 11.4 Å². The highest BCUT2D eigenvalue weighted by Gasteiger charge is 2.21. The lowest BCUT2D eigenvalue weighted by Gasteiger charge is -2.05. The number of carbonyl (C=O) groups excluding carboxylic acids is 1. The summed E-state index contributed by atoms with van der Waals surface area (Å²) in [7, 11) is 1.46. The van der Waals surface area contributed by atoms with Crippen molar-refractivity contribution in [2.45, 2.75) is 0 Å². The number of hydrogen-bond acceptors (Lipinski definition) is 3. The second-order valence-electron chi connectivity index (χ2n) is 3.24. The van der Waals surface area contributed by atoms with Crippen molar-refractivity contribution >= 4 is 28.7 Å². The van der Waals surface area contributed by atoms with Crippen molar-refractivity contribution in [2.24, 2.45) is 0 Å². The number of thiophene rings is 1. The molecule has 2 rings (SSSR count). The molecule has 0 aliphatic rings. The van der Waals surface area contributed by atoms with Crippen LogP contribution in [0.3, 0.4) is 0 Å². The van der Waals surface area contributed by atoms with Gasteiger partial charge < -0.3 is 4.74 Å². The van der Waals surface area contributed by atoms with Gasteiger partial charge in [0.05, 0.1) is 17.7 Å². The molecule has 5 heteroatoms. The highest BCUT2D eigenvalue weighted by Crippen LogP contribution is 2.30. The number of ketones is 1. The van der Waals surface area contributed by atoms with Gasteiger partial charge in [-0.05, 0) is 23.6 Å². The third-order valence-electron chi connectivity index (χ3n) is 2.25. The Kier molecular flexibility index (Phi) is 3.45.